The normalized spacial score (nSPS) is 37.3. The van der Waals surface area contributed by atoms with E-state index in [1.165, 1.54) is 10.5 Å². The lowest BCUT2D eigenvalue weighted by atomic mass is 9.72. The van der Waals surface area contributed by atoms with Crippen molar-refractivity contribution in [3.63, 3.8) is 0 Å². The molecular weight excluding hydrogens is 538 g/mol. The minimum Gasteiger partial charge on any atom is -0.456 e. The Kier molecular flexibility index (Phi) is 12.9. The van der Waals surface area contributed by atoms with Gasteiger partial charge >= 0.3 is 5.97 Å². The Bertz CT molecular complexity index is 1030. The predicted molar refractivity (Wildman–Crippen MR) is 167 cm³/mol. The lowest BCUT2D eigenvalue weighted by Gasteiger charge is -2.40. The smallest absolute Gasteiger partial charge is 0.309 e. The molecule has 0 saturated carbocycles. The Morgan fingerprint density at radius 1 is 1.12 bits per heavy atom. The zero-order valence-corrected chi connectivity index (χ0v) is 27.7. The first-order valence-electron chi connectivity index (χ1n) is 15.1. The van der Waals surface area contributed by atoms with E-state index in [2.05, 4.69) is 30.6 Å². The first kappa shape index (κ1) is 35.7. The number of cyclic esters (lactones) is 1. The molecule has 8 atom stereocenters. The third-order valence-electron chi connectivity index (χ3n) is 9.76. The zero-order chi connectivity index (χ0) is 31.3. The number of Topliss-reactive ketones (excluding diaryl/α,β-unsaturated/α-hetero) is 1. The number of esters is 1. The number of nitrogens with one attached hydrogen (secondary N) is 1. The molecule has 2 aliphatic rings. The number of carbonyl (C=O) groups is 2. The fourth-order valence-electron chi connectivity index (χ4n) is 5.99. The van der Waals surface area contributed by atoms with Crippen LogP contribution in [0.15, 0.2) is 33.1 Å². The SMILES string of the molecule is CNC1[C@@H](/C(C)=C/C2=CSC(C)=C(C)CC2)OC(=O)C[C@H](O)C(C)(C)C(=O)[C@H](C)[C@@H](O)[C@@H](C)CCC[C@@](C)(O)[C@H]1C. The molecule has 0 aromatic carbocycles. The maximum atomic E-state index is 13.4. The van der Waals surface area contributed by atoms with Gasteiger partial charge in [-0.15, -0.1) is 11.8 Å². The molecule has 234 valence electrons. The summed E-state index contributed by atoms with van der Waals surface area (Å²) < 4.78 is 6.11. The molecule has 2 heterocycles. The molecule has 7 nitrogen and oxygen atoms in total. The average Bonchev–Trinajstić information content (AvgIpc) is 3.06. The molecule has 1 unspecified atom stereocenters. The first-order chi connectivity index (χ1) is 18.9. The van der Waals surface area contributed by atoms with Crippen LogP contribution in [0.3, 0.4) is 0 Å². The molecule has 8 heteroatoms. The van der Waals surface area contributed by atoms with Crippen LogP contribution in [0, 0.1) is 23.2 Å². The van der Waals surface area contributed by atoms with E-state index in [1.54, 1.807) is 39.6 Å². The number of thioether (sulfide) groups is 1. The van der Waals surface area contributed by atoms with Crippen molar-refractivity contribution in [1.29, 1.82) is 0 Å². The number of ketones is 1. The van der Waals surface area contributed by atoms with Gasteiger partial charge in [0.2, 0.25) is 0 Å². The lowest BCUT2D eigenvalue weighted by molar-refractivity contribution is -0.157. The largest absolute Gasteiger partial charge is 0.456 e. The second-order valence-electron chi connectivity index (χ2n) is 13.4. The van der Waals surface area contributed by atoms with Crippen molar-refractivity contribution in [3.05, 3.63) is 33.1 Å². The van der Waals surface area contributed by atoms with Crippen molar-refractivity contribution < 1.29 is 29.6 Å². The Morgan fingerprint density at radius 3 is 2.37 bits per heavy atom. The third kappa shape index (κ3) is 9.02. The van der Waals surface area contributed by atoms with E-state index < -0.39 is 47.3 Å². The van der Waals surface area contributed by atoms with Gasteiger partial charge in [-0.2, -0.15) is 0 Å². The Hall–Kier alpha value is -1.45. The molecule has 0 aromatic heterocycles. The highest BCUT2D eigenvalue weighted by Crippen LogP contribution is 2.36. The quantitative estimate of drug-likeness (QED) is 0.309. The topological polar surface area (TPSA) is 116 Å². The summed E-state index contributed by atoms with van der Waals surface area (Å²) in [5.41, 5.74) is 1.03. The molecule has 2 rings (SSSR count). The van der Waals surface area contributed by atoms with Gasteiger partial charge < -0.3 is 25.4 Å². The Balaban J connectivity index is 2.51. The van der Waals surface area contributed by atoms with Gasteiger partial charge in [0.25, 0.3) is 0 Å². The van der Waals surface area contributed by atoms with E-state index in [9.17, 15) is 24.9 Å². The maximum Gasteiger partial charge on any atom is 0.309 e. The molecule has 1 fully saturated rings. The maximum absolute atomic E-state index is 13.4. The fraction of sp³-hybridized carbons (Fsp3) is 0.758. The van der Waals surface area contributed by atoms with Crippen molar-refractivity contribution in [2.24, 2.45) is 23.2 Å². The molecule has 1 saturated heterocycles. The minimum absolute atomic E-state index is 0.170. The minimum atomic E-state index is -1.28. The van der Waals surface area contributed by atoms with E-state index in [0.717, 1.165) is 24.0 Å². The summed E-state index contributed by atoms with van der Waals surface area (Å²) >= 11 is 1.71. The number of aliphatic hydroxyl groups is 3. The monoisotopic (exact) mass is 593 g/mol. The summed E-state index contributed by atoms with van der Waals surface area (Å²) in [6, 6.07) is -0.409. The van der Waals surface area contributed by atoms with Gasteiger partial charge in [-0.1, -0.05) is 52.7 Å². The number of ether oxygens (including phenoxy) is 1. The van der Waals surface area contributed by atoms with Gasteiger partial charge in [-0.05, 0) is 87.8 Å². The van der Waals surface area contributed by atoms with Gasteiger partial charge in [0.15, 0.2) is 0 Å². The summed E-state index contributed by atoms with van der Waals surface area (Å²) in [7, 11) is 1.80. The lowest BCUT2D eigenvalue weighted by Crippen LogP contribution is -2.53. The molecule has 41 heavy (non-hydrogen) atoms. The van der Waals surface area contributed by atoms with Crippen molar-refractivity contribution in [1.82, 2.24) is 5.32 Å². The Morgan fingerprint density at radius 2 is 1.76 bits per heavy atom. The third-order valence-corrected chi connectivity index (χ3v) is 10.9. The van der Waals surface area contributed by atoms with E-state index in [-0.39, 0.29) is 24.0 Å². The van der Waals surface area contributed by atoms with Crippen LogP contribution in [0.25, 0.3) is 0 Å². The van der Waals surface area contributed by atoms with Gasteiger partial charge in [0, 0.05) is 11.8 Å². The second-order valence-corrected chi connectivity index (χ2v) is 14.4. The molecule has 0 spiro atoms. The fourth-order valence-corrected chi connectivity index (χ4v) is 6.81. The van der Waals surface area contributed by atoms with Gasteiger partial charge in [0.05, 0.1) is 35.7 Å². The number of hydrogen-bond donors (Lipinski definition) is 4. The first-order valence-corrected chi connectivity index (χ1v) is 16.0. The molecule has 0 aromatic rings. The zero-order valence-electron chi connectivity index (χ0n) is 26.9. The van der Waals surface area contributed by atoms with E-state index in [4.69, 9.17) is 4.74 Å². The standard InChI is InChI=1S/C33H55NO6S/c1-19-13-14-25(18-41-24(19)6)16-21(3)30-28(34-10)23(5)33(9,39)15-11-12-20(2)29(37)22(4)31(38)32(7,8)26(35)17-27(36)40-30/h16,18,20,22-23,26,28-30,34-35,37,39H,11-15,17H2,1-10H3/b21-16+/t20-,22+,23-,26-,28?,29-,30+,33+/m0/s1. The van der Waals surface area contributed by atoms with Crippen molar-refractivity contribution in [3.8, 4) is 0 Å². The summed E-state index contributed by atoms with van der Waals surface area (Å²) in [5.74, 6) is -2.09. The van der Waals surface area contributed by atoms with Gasteiger partial charge in [0.1, 0.15) is 11.9 Å². The molecule has 0 amide bonds. The van der Waals surface area contributed by atoms with Crippen LogP contribution < -0.4 is 5.32 Å². The highest BCUT2D eigenvalue weighted by atomic mass is 32.2. The summed E-state index contributed by atoms with van der Waals surface area (Å²) in [4.78, 5) is 28.1. The Labute approximate surface area is 252 Å². The van der Waals surface area contributed by atoms with E-state index in [1.807, 2.05) is 27.7 Å². The molecule has 0 aliphatic carbocycles. The van der Waals surface area contributed by atoms with Crippen LogP contribution in [0.2, 0.25) is 0 Å². The molecular formula is C33H55NO6S. The van der Waals surface area contributed by atoms with Gasteiger partial charge in [-0.3, -0.25) is 9.59 Å². The van der Waals surface area contributed by atoms with Crippen molar-refractivity contribution >= 4 is 23.5 Å². The highest BCUT2D eigenvalue weighted by molar-refractivity contribution is 8.05. The number of hydrogen-bond acceptors (Lipinski definition) is 8. The van der Waals surface area contributed by atoms with Crippen LogP contribution in [0.4, 0.5) is 0 Å². The van der Waals surface area contributed by atoms with Crippen LogP contribution in [-0.2, 0) is 14.3 Å². The van der Waals surface area contributed by atoms with Gasteiger partial charge in [-0.25, -0.2) is 0 Å². The molecule has 4 N–H and O–H groups in total. The van der Waals surface area contributed by atoms with Crippen molar-refractivity contribution in [2.75, 3.05) is 7.05 Å². The van der Waals surface area contributed by atoms with Crippen LogP contribution in [0.1, 0.15) is 101 Å². The summed E-state index contributed by atoms with van der Waals surface area (Å²) in [6.45, 7) is 16.8. The van der Waals surface area contributed by atoms with Crippen LogP contribution >= 0.6 is 11.8 Å². The average molecular weight is 594 g/mol. The number of rotatable bonds is 3. The molecule has 0 radical (unpaired) electrons. The molecule has 0 bridgehead atoms. The predicted octanol–water partition coefficient (Wildman–Crippen LogP) is 5.69. The van der Waals surface area contributed by atoms with Crippen LogP contribution in [0.5, 0.6) is 0 Å². The second kappa shape index (κ2) is 14.8. The van der Waals surface area contributed by atoms with Crippen molar-refractivity contribution in [2.45, 2.75) is 131 Å². The summed E-state index contributed by atoms with van der Waals surface area (Å²) in [6.07, 6.45) is 2.48. The summed E-state index contributed by atoms with van der Waals surface area (Å²) in [5, 5.41) is 39.1. The van der Waals surface area contributed by atoms with E-state index >= 15 is 0 Å². The number of likely N-dealkylation sites (N-methyl/N-ethyl adjacent to an activating group) is 1. The highest BCUT2D eigenvalue weighted by Gasteiger charge is 2.44. The number of carbonyl (C=O) groups excluding carboxylic acids is 2. The number of allylic oxidation sites excluding steroid dienone is 4. The number of aliphatic hydroxyl groups excluding tert-OH is 2. The molecule has 2 aliphatic heterocycles. The van der Waals surface area contributed by atoms with Crippen LogP contribution in [-0.4, -0.2) is 64.1 Å². The van der Waals surface area contributed by atoms with E-state index in [0.29, 0.717) is 19.3 Å².